The monoisotopic (exact) mass is 161 g/mol. The smallest absolute Gasteiger partial charge is 0.0743 e. The van der Waals surface area contributed by atoms with Gasteiger partial charge in [-0.05, 0) is 0 Å². The maximum Gasteiger partial charge on any atom is 0.0743 e. The molecule has 0 amide bonds. The summed E-state index contributed by atoms with van der Waals surface area (Å²) >= 11 is 0. The Morgan fingerprint density at radius 1 is 1.55 bits per heavy atom. The van der Waals surface area contributed by atoms with Crippen molar-refractivity contribution in [1.82, 2.24) is 5.06 Å². The lowest BCUT2D eigenvalue weighted by Crippen LogP contribution is -2.29. The molecule has 11 heavy (non-hydrogen) atoms. The Hall–Kier alpha value is -0.420. The Balaban J connectivity index is 3.51. The van der Waals surface area contributed by atoms with E-state index in [0.29, 0.717) is 0 Å². The number of likely N-dealkylation sites (N-methyl/N-ethyl adjacent to an activating group) is 1. The summed E-state index contributed by atoms with van der Waals surface area (Å²) in [5, 5.41) is 27.6. The van der Waals surface area contributed by atoms with Gasteiger partial charge in [0.15, 0.2) is 0 Å². The molecule has 0 rings (SSSR count). The fraction of sp³-hybridized carbons (Fsp3) is 0.714. The highest BCUT2D eigenvalue weighted by atomic mass is 16.5. The summed E-state index contributed by atoms with van der Waals surface area (Å²) in [6.07, 6.45) is 0.123. The Labute approximate surface area is 66.3 Å². The largest absolute Gasteiger partial charge is 0.392 e. The molecular formula is C7H15NO3. The van der Waals surface area contributed by atoms with Gasteiger partial charge in [0.2, 0.25) is 0 Å². The van der Waals surface area contributed by atoms with E-state index in [9.17, 15) is 0 Å². The summed E-state index contributed by atoms with van der Waals surface area (Å²) < 4.78 is 0. The van der Waals surface area contributed by atoms with E-state index >= 15 is 0 Å². The lowest BCUT2D eigenvalue weighted by atomic mass is 10.1. The lowest BCUT2D eigenvalue weighted by Gasteiger charge is -2.15. The first-order chi connectivity index (χ1) is 5.06. The Kier molecular flexibility index (Phi) is 5.06. The van der Waals surface area contributed by atoms with E-state index < -0.39 is 12.2 Å². The molecule has 0 saturated heterocycles. The van der Waals surface area contributed by atoms with Gasteiger partial charge in [0, 0.05) is 20.0 Å². The van der Waals surface area contributed by atoms with E-state index in [0.717, 1.165) is 5.06 Å². The minimum absolute atomic E-state index is 0.130. The zero-order valence-electron chi connectivity index (χ0n) is 6.64. The molecular weight excluding hydrogens is 146 g/mol. The van der Waals surface area contributed by atoms with Crippen LogP contribution < -0.4 is 0 Å². The van der Waals surface area contributed by atoms with Gasteiger partial charge >= 0.3 is 0 Å². The summed E-state index contributed by atoms with van der Waals surface area (Å²) in [7, 11) is 1.43. The summed E-state index contributed by atoms with van der Waals surface area (Å²) in [6.45, 7) is 3.49. The first kappa shape index (κ1) is 10.6. The van der Waals surface area contributed by atoms with Crippen molar-refractivity contribution in [3.63, 3.8) is 0 Å². The minimum atomic E-state index is -0.724. The predicted octanol–water partition coefficient (Wildman–Crippen LogP) is -0.395. The summed E-state index contributed by atoms with van der Waals surface area (Å²) in [5.74, 6) is 0. The SMILES string of the molecule is C=CC(O)CC(O)CN(C)O. The van der Waals surface area contributed by atoms with Crippen molar-refractivity contribution < 1.29 is 15.4 Å². The number of rotatable bonds is 5. The zero-order valence-corrected chi connectivity index (χ0v) is 6.64. The van der Waals surface area contributed by atoms with E-state index in [1.807, 2.05) is 0 Å². The fourth-order valence-electron chi connectivity index (χ4n) is 0.755. The molecule has 3 N–H and O–H groups in total. The number of aliphatic hydroxyl groups excluding tert-OH is 2. The van der Waals surface area contributed by atoms with Crippen molar-refractivity contribution in [3.05, 3.63) is 12.7 Å². The van der Waals surface area contributed by atoms with E-state index in [2.05, 4.69) is 6.58 Å². The second-order valence-corrected chi connectivity index (χ2v) is 2.53. The molecule has 0 fully saturated rings. The number of hydroxylamine groups is 2. The first-order valence-electron chi connectivity index (χ1n) is 3.45. The van der Waals surface area contributed by atoms with E-state index in [-0.39, 0.29) is 13.0 Å². The molecule has 0 saturated carbocycles. The molecule has 0 aromatic heterocycles. The van der Waals surface area contributed by atoms with Crippen molar-refractivity contribution in [2.45, 2.75) is 18.6 Å². The molecule has 0 aliphatic heterocycles. The van der Waals surface area contributed by atoms with Gasteiger partial charge in [-0.1, -0.05) is 6.08 Å². The first-order valence-corrected chi connectivity index (χ1v) is 3.45. The third kappa shape index (κ3) is 6.00. The highest BCUT2D eigenvalue weighted by Gasteiger charge is 2.09. The van der Waals surface area contributed by atoms with Crippen LogP contribution in [0, 0.1) is 0 Å². The standard InChI is InChI=1S/C7H15NO3/c1-3-6(9)4-7(10)5-8(2)11/h3,6-7,9-11H,1,4-5H2,2H3. The highest BCUT2D eigenvalue weighted by molar-refractivity contribution is 4.80. The number of nitrogens with zero attached hydrogens (tertiary/aromatic N) is 1. The Morgan fingerprint density at radius 2 is 2.09 bits per heavy atom. The molecule has 0 spiro atoms. The van der Waals surface area contributed by atoms with Crippen LogP contribution in [0.4, 0.5) is 0 Å². The maximum absolute atomic E-state index is 9.11. The topological polar surface area (TPSA) is 63.9 Å². The molecule has 2 atom stereocenters. The van der Waals surface area contributed by atoms with Crippen LogP contribution in [0.3, 0.4) is 0 Å². The normalized spacial score (nSPS) is 16.5. The van der Waals surface area contributed by atoms with Crippen LogP contribution in [-0.4, -0.2) is 46.3 Å². The van der Waals surface area contributed by atoms with Gasteiger partial charge in [-0.2, -0.15) is 5.06 Å². The summed E-state index contributed by atoms with van der Waals surface area (Å²) in [6, 6.07) is 0. The number of aliphatic hydroxyl groups is 2. The van der Waals surface area contributed by atoms with Gasteiger partial charge in [0.25, 0.3) is 0 Å². The molecule has 0 bridgehead atoms. The van der Waals surface area contributed by atoms with E-state index in [4.69, 9.17) is 15.4 Å². The van der Waals surface area contributed by atoms with Gasteiger partial charge < -0.3 is 15.4 Å². The van der Waals surface area contributed by atoms with Crippen molar-refractivity contribution in [3.8, 4) is 0 Å². The quantitative estimate of drug-likeness (QED) is 0.379. The van der Waals surface area contributed by atoms with E-state index in [1.165, 1.54) is 13.1 Å². The van der Waals surface area contributed by atoms with Gasteiger partial charge in [0.1, 0.15) is 0 Å². The average molecular weight is 161 g/mol. The molecule has 4 nitrogen and oxygen atoms in total. The molecule has 0 aromatic rings. The van der Waals surface area contributed by atoms with Gasteiger partial charge in [0.05, 0.1) is 12.2 Å². The molecule has 2 unspecified atom stereocenters. The second kappa shape index (κ2) is 5.26. The van der Waals surface area contributed by atoms with Crippen molar-refractivity contribution in [1.29, 1.82) is 0 Å². The molecule has 0 aliphatic carbocycles. The van der Waals surface area contributed by atoms with Crippen molar-refractivity contribution in [2.75, 3.05) is 13.6 Å². The van der Waals surface area contributed by atoms with Crippen molar-refractivity contribution in [2.24, 2.45) is 0 Å². The van der Waals surface area contributed by atoms with Crippen LogP contribution in [0.25, 0.3) is 0 Å². The van der Waals surface area contributed by atoms with Crippen LogP contribution >= 0.6 is 0 Å². The Bertz CT molecular complexity index is 116. The number of hydrogen-bond donors (Lipinski definition) is 3. The molecule has 0 aliphatic rings. The minimum Gasteiger partial charge on any atom is -0.392 e. The third-order valence-corrected chi connectivity index (χ3v) is 1.26. The maximum atomic E-state index is 9.11. The van der Waals surface area contributed by atoms with Gasteiger partial charge in [-0.3, -0.25) is 0 Å². The fourth-order valence-corrected chi connectivity index (χ4v) is 0.755. The Morgan fingerprint density at radius 3 is 2.45 bits per heavy atom. The molecule has 0 radical (unpaired) electrons. The van der Waals surface area contributed by atoms with Crippen LogP contribution in [0.15, 0.2) is 12.7 Å². The lowest BCUT2D eigenvalue weighted by molar-refractivity contribution is -0.0937. The van der Waals surface area contributed by atoms with Gasteiger partial charge in [-0.15, -0.1) is 6.58 Å². The highest BCUT2D eigenvalue weighted by Crippen LogP contribution is 1.99. The molecule has 4 heteroatoms. The molecule has 0 aromatic carbocycles. The van der Waals surface area contributed by atoms with Crippen LogP contribution in [0.5, 0.6) is 0 Å². The van der Waals surface area contributed by atoms with Crippen LogP contribution in [-0.2, 0) is 0 Å². The second-order valence-electron chi connectivity index (χ2n) is 2.53. The van der Waals surface area contributed by atoms with Crippen molar-refractivity contribution >= 4 is 0 Å². The summed E-state index contributed by atoms with van der Waals surface area (Å²) in [5.41, 5.74) is 0. The summed E-state index contributed by atoms with van der Waals surface area (Å²) in [4.78, 5) is 0. The van der Waals surface area contributed by atoms with Crippen LogP contribution in [0.2, 0.25) is 0 Å². The third-order valence-electron chi connectivity index (χ3n) is 1.26. The zero-order chi connectivity index (χ0) is 8.85. The van der Waals surface area contributed by atoms with Crippen LogP contribution in [0.1, 0.15) is 6.42 Å². The number of hydrogen-bond acceptors (Lipinski definition) is 4. The molecule has 66 valence electrons. The average Bonchev–Trinajstić information content (AvgIpc) is 1.85. The predicted molar refractivity (Wildman–Crippen MR) is 41.2 cm³/mol. The van der Waals surface area contributed by atoms with Gasteiger partial charge in [-0.25, -0.2) is 0 Å². The molecule has 0 heterocycles. The van der Waals surface area contributed by atoms with E-state index in [1.54, 1.807) is 0 Å².